The first-order valence-corrected chi connectivity index (χ1v) is 28.1. The molecule has 1 amide bonds. The van der Waals surface area contributed by atoms with Crippen LogP contribution in [0.5, 0.6) is 0 Å². The molecule has 0 saturated carbocycles. The number of ether oxygens (including phenoxy) is 7. The van der Waals surface area contributed by atoms with Crippen molar-refractivity contribution in [2.24, 2.45) is 0 Å². The van der Waals surface area contributed by atoms with Gasteiger partial charge in [0.2, 0.25) is 0 Å². The van der Waals surface area contributed by atoms with Crippen molar-refractivity contribution in [3.8, 4) is 11.7 Å². The lowest BCUT2D eigenvalue weighted by Gasteiger charge is -2.22. The van der Waals surface area contributed by atoms with Crippen molar-refractivity contribution in [2.75, 3.05) is 77.5 Å². The second-order valence-electron chi connectivity index (χ2n) is 12.7. The Morgan fingerprint density at radius 3 is 2.31 bits per heavy atom. The van der Waals surface area contributed by atoms with Crippen LogP contribution in [-0.4, -0.2) is 139 Å². The smallest absolute Gasteiger partial charge is 0.466 e. The zero-order valence-electron chi connectivity index (χ0n) is 33.6. The van der Waals surface area contributed by atoms with Crippen molar-refractivity contribution in [2.45, 2.75) is 95.1 Å². The molecule has 5 unspecified atom stereocenters. The quantitative estimate of drug-likeness (QED) is 0.00976. The molecule has 1 aliphatic rings. The van der Waals surface area contributed by atoms with Crippen molar-refractivity contribution in [1.82, 2.24) is 5.32 Å². The normalized spacial score (nSPS) is 18.9. The maximum atomic E-state index is 12.1. The molecule has 343 valence electrons. The number of hydrogen-bond acceptors (Lipinski definition) is 19. The van der Waals surface area contributed by atoms with E-state index in [0.29, 0.717) is 58.2 Å². The van der Waals surface area contributed by atoms with E-state index in [1.165, 1.54) is 28.9 Å². The number of hydrogen-bond donors (Lipinski definition) is 5. The number of carbonyl (C=O) groups is 2. The van der Waals surface area contributed by atoms with E-state index < -0.39 is 60.3 Å². The van der Waals surface area contributed by atoms with E-state index in [4.69, 9.17) is 47.5 Å². The molecule has 1 saturated heterocycles. The van der Waals surface area contributed by atoms with Crippen LogP contribution in [0.3, 0.4) is 0 Å². The van der Waals surface area contributed by atoms with Crippen molar-refractivity contribution in [3.05, 3.63) is 0 Å². The third-order valence-corrected chi connectivity index (χ3v) is 15.4. The van der Waals surface area contributed by atoms with Crippen LogP contribution in [0, 0.1) is 11.7 Å². The molecule has 28 heteroatoms. The van der Waals surface area contributed by atoms with Gasteiger partial charge in [-0.15, -0.1) is 5.92 Å². The molecule has 0 bridgehead atoms. The van der Waals surface area contributed by atoms with Gasteiger partial charge in [-0.05, 0) is 52.2 Å². The third-order valence-electron chi connectivity index (χ3n) is 7.15. The average Bonchev–Trinajstić information content (AvgIpc) is 3.52. The highest BCUT2D eigenvalue weighted by molar-refractivity contribution is 8.77. The van der Waals surface area contributed by atoms with E-state index in [2.05, 4.69) is 46.4 Å². The van der Waals surface area contributed by atoms with Crippen LogP contribution >= 0.6 is 66.6 Å². The second kappa shape index (κ2) is 32.6. The van der Waals surface area contributed by atoms with Crippen molar-refractivity contribution >= 4 is 86.0 Å². The molecule has 1 rings (SSSR count). The van der Waals surface area contributed by atoms with Crippen molar-refractivity contribution in [3.63, 3.8) is 0 Å². The second-order valence-corrected chi connectivity index (χ2v) is 22.6. The summed E-state index contributed by atoms with van der Waals surface area (Å²) in [5.41, 5.74) is 0. The monoisotopic (exact) mass is 980 g/mol. The summed E-state index contributed by atoms with van der Waals surface area (Å²) in [6, 6.07) is -0.596. The molecule has 0 aliphatic carbocycles. The number of alkyl carbamates (subject to hydrolysis) is 1. The molecular formula is C31H58BNO19P3S4. The molecule has 1 aliphatic heterocycles. The summed E-state index contributed by atoms with van der Waals surface area (Å²) in [4.78, 5) is 60.5. The van der Waals surface area contributed by atoms with Crippen LogP contribution in [0.15, 0.2) is 0 Å². The highest BCUT2D eigenvalue weighted by Gasteiger charge is 2.43. The Morgan fingerprint density at radius 2 is 1.59 bits per heavy atom. The maximum Gasteiger partial charge on any atom is 0.490 e. The van der Waals surface area contributed by atoms with E-state index in [0.717, 1.165) is 19.4 Å². The predicted octanol–water partition coefficient (Wildman–Crippen LogP) is 5.65. The average molecular weight is 981 g/mol. The molecule has 59 heavy (non-hydrogen) atoms. The van der Waals surface area contributed by atoms with Gasteiger partial charge in [0.25, 0.3) is 7.28 Å². The van der Waals surface area contributed by atoms with Gasteiger partial charge in [-0.2, -0.15) is 14.4 Å². The van der Waals surface area contributed by atoms with Gasteiger partial charge in [-0.25, -0.2) is 18.5 Å². The van der Waals surface area contributed by atoms with Gasteiger partial charge in [-0.3, -0.25) is 9.32 Å². The van der Waals surface area contributed by atoms with Crippen molar-refractivity contribution < 1.29 is 89.2 Å². The minimum atomic E-state index is -5.66. The lowest BCUT2D eigenvalue weighted by molar-refractivity contribution is -0.143. The van der Waals surface area contributed by atoms with Gasteiger partial charge in [0.15, 0.2) is 0 Å². The number of amides is 1. The van der Waals surface area contributed by atoms with E-state index in [1.54, 1.807) is 21.6 Å². The minimum Gasteiger partial charge on any atom is -0.466 e. The summed E-state index contributed by atoms with van der Waals surface area (Å²) in [7, 11) is -8.96. The third kappa shape index (κ3) is 33.2. The summed E-state index contributed by atoms with van der Waals surface area (Å²) in [5, 5.41) is 2.67. The summed E-state index contributed by atoms with van der Waals surface area (Å²) >= 11 is 0. The highest BCUT2D eigenvalue weighted by atomic mass is 33.1. The molecular weight excluding hydrogens is 922 g/mol. The molecule has 0 aromatic carbocycles. The largest absolute Gasteiger partial charge is 0.490 e. The lowest BCUT2D eigenvalue weighted by Crippen LogP contribution is -2.29. The SMILES string of the molecule is CCCCOCCOCCNC(=O)OCCC(C)(C)SSCOCCCCOC(=O)CCC#C[B]C1CC(OCSSC)C(COP(=O)(O)OP(=O)(O)OP(=O)(O)O)O1. The van der Waals surface area contributed by atoms with Gasteiger partial charge in [-0.1, -0.05) is 56.5 Å². The Morgan fingerprint density at radius 1 is 0.881 bits per heavy atom. The van der Waals surface area contributed by atoms with Crippen LogP contribution in [0.25, 0.3) is 0 Å². The summed E-state index contributed by atoms with van der Waals surface area (Å²) in [6.45, 7) is 9.15. The summed E-state index contributed by atoms with van der Waals surface area (Å²) in [5.74, 6) is 5.96. The van der Waals surface area contributed by atoms with E-state index in [9.17, 15) is 33.1 Å². The Hall–Kier alpha value is -0.0251. The number of nitrogens with one attached hydrogen (secondary N) is 1. The molecule has 0 aromatic rings. The van der Waals surface area contributed by atoms with Crippen LogP contribution < -0.4 is 5.32 Å². The Balaban J connectivity index is 2.18. The number of unbranched alkanes of at least 4 members (excludes halogenated alkanes) is 2. The first-order valence-electron chi connectivity index (χ1n) is 18.5. The number of phosphoric acid groups is 3. The molecule has 0 spiro atoms. The minimum absolute atomic E-state index is 0.0764. The molecule has 5 atom stereocenters. The van der Waals surface area contributed by atoms with E-state index >= 15 is 0 Å². The lowest BCUT2D eigenvalue weighted by atomic mass is 9.71. The van der Waals surface area contributed by atoms with Crippen LogP contribution in [0.2, 0.25) is 0 Å². The van der Waals surface area contributed by atoms with Crippen molar-refractivity contribution in [1.29, 1.82) is 0 Å². The highest BCUT2D eigenvalue weighted by Crippen LogP contribution is 2.66. The van der Waals surface area contributed by atoms with Gasteiger partial charge in [0, 0.05) is 36.9 Å². The number of esters is 1. The summed E-state index contributed by atoms with van der Waals surface area (Å²) < 4.78 is 85.1. The Bertz CT molecular complexity index is 1390. The summed E-state index contributed by atoms with van der Waals surface area (Å²) in [6.07, 6.45) is 4.48. The first-order chi connectivity index (χ1) is 27.9. The zero-order chi connectivity index (χ0) is 44.0. The molecule has 20 nitrogen and oxygen atoms in total. The van der Waals surface area contributed by atoms with E-state index in [1.807, 2.05) is 6.26 Å². The zero-order valence-corrected chi connectivity index (χ0v) is 39.6. The first kappa shape index (κ1) is 57.0. The molecule has 5 N–H and O–H groups in total. The Labute approximate surface area is 363 Å². The maximum absolute atomic E-state index is 12.1. The van der Waals surface area contributed by atoms with Crippen LogP contribution in [-0.2, 0) is 64.8 Å². The molecule has 1 fully saturated rings. The fraction of sp³-hybridized carbons (Fsp3) is 0.871. The van der Waals surface area contributed by atoms with E-state index in [-0.39, 0.29) is 43.2 Å². The number of rotatable bonds is 35. The fourth-order valence-electron chi connectivity index (χ4n) is 4.32. The van der Waals surface area contributed by atoms with Crippen LogP contribution in [0.4, 0.5) is 4.79 Å². The topological polar surface area (TPSA) is 271 Å². The molecule has 0 aromatic heterocycles. The van der Waals surface area contributed by atoms with Gasteiger partial charge in [0.05, 0.1) is 52.2 Å². The molecule has 1 heterocycles. The van der Waals surface area contributed by atoms with Gasteiger partial charge in [0.1, 0.15) is 18.0 Å². The molecule has 1 radical (unpaired) electrons. The van der Waals surface area contributed by atoms with Gasteiger partial charge < -0.3 is 58.0 Å². The predicted molar refractivity (Wildman–Crippen MR) is 227 cm³/mol. The van der Waals surface area contributed by atoms with Gasteiger partial charge >= 0.3 is 35.5 Å². The van der Waals surface area contributed by atoms with Crippen LogP contribution in [0.1, 0.15) is 72.1 Å². The Kier molecular flexibility index (Phi) is 31.5. The standard InChI is InChI=1S/C31H58BNO19P3S4/c1-5-6-15-43-20-21-44-19-14-33-30(35)47-18-12-31(2,3)59-58-24-45-16-9-10-17-46-29(34)11-7-8-13-32-28-22-26(48-25-57-56-4)27(50-28)23-49-54(39,40)52-55(41,42)51-53(36,37)38/h26-28H,5-7,9-12,14-25H2,1-4H3,(H,33,35)(H,39,40)(H,41,42)(H2,36,37,38). The number of carbonyl (C=O) groups excluding carboxylic acids is 2. The fourth-order valence-corrected chi connectivity index (χ4v) is 10.4. The number of phosphoric ester groups is 1.